The zero-order chi connectivity index (χ0) is 21.3. The van der Waals surface area contributed by atoms with Gasteiger partial charge in [0, 0.05) is 6.08 Å². The van der Waals surface area contributed by atoms with Crippen LogP contribution in [-0.2, 0) is 17.8 Å². The number of nitrogens with zero attached hydrogens (tertiary/aromatic N) is 4. The van der Waals surface area contributed by atoms with Gasteiger partial charge in [-0.2, -0.15) is 5.10 Å². The lowest BCUT2D eigenvalue weighted by atomic mass is 10.1. The number of para-hydroxylation sites is 1. The van der Waals surface area contributed by atoms with Crippen LogP contribution in [0.5, 0.6) is 0 Å². The highest BCUT2D eigenvalue weighted by molar-refractivity contribution is 7.80. The molecule has 10 heteroatoms. The Morgan fingerprint density at radius 2 is 2.10 bits per heavy atom. The molecule has 1 aromatic carbocycles. The molecule has 0 unspecified atom stereocenters. The van der Waals surface area contributed by atoms with Crippen molar-refractivity contribution in [3.8, 4) is 0 Å². The van der Waals surface area contributed by atoms with Crippen molar-refractivity contribution in [2.24, 2.45) is 0 Å². The molecule has 1 saturated heterocycles. The Morgan fingerprint density at radius 3 is 2.83 bits per heavy atom. The number of nitro groups is 1. The van der Waals surface area contributed by atoms with Gasteiger partial charge < -0.3 is 9.73 Å². The summed E-state index contributed by atoms with van der Waals surface area (Å²) in [6.45, 7) is 2.25. The van der Waals surface area contributed by atoms with Crippen LogP contribution in [0.2, 0.25) is 0 Å². The highest BCUT2D eigenvalue weighted by Gasteiger charge is 2.33. The number of hydrogen-bond donors (Lipinski definition) is 1. The Hall–Kier alpha value is -3.79. The molecule has 0 atom stereocenters. The Kier molecular flexibility index (Phi) is 5.15. The van der Waals surface area contributed by atoms with E-state index < -0.39 is 4.92 Å². The van der Waals surface area contributed by atoms with E-state index in [0.717, 1.165) is 17.7 Å². The molecule has 2 aromatic heterocycles. The number of aryl methyl sites for hydroxylation is 1. The molecular weight excluding hydrogens is 406 g/mol. The molecule has 9 nitrogen and oxygen atoms in total. The monoisotopic (exact) mass is 423 g/mol. The molecular formula is C20H17N5O4S. The van der Waals surface area contributed by atoms with Crippen molar-refractivity contribution in [3.63, 3.8) is 0 Å². The summed E-state index contributed by atoms with van der Waals surface area (Å²) in [5.74, 6) is 0.735. The zero-order valence-corrected chi connectivity index (χ0v) is 16.8. The number of aromatic nitrogens is 2. The van der Waals surface area contributed by atoms with Gasteiger partial charge in [0.15, 0.2) is 5.11 Å². The van der Waals surface area contributed by atoms with Gasteiger partial charge in [-0.3, -0.25) is 24.5 Å². The van der Waals surface area contributed by atoms with Crippen LogP contribution in [0.1, 0.15) is 24.0 Å². The summed E-state index contributed by atoms with van der Waals surface area (Å²) in [5, 5.41) is 17.9. The number of carbonyl (C=O) groups excluding carboxylic acids is 1. The van der Waals surface area contributed by atoms with Crippen LogP contribution >= 0.6 is 12.2 Å². The van der Waals surface area contributed by atoms with Crippen LogP contribution in [-0.4, -0.2) is 25.7 Å². The minimum absolute atomic E-state index is 0.0920. The van der Waals surface area contributed by atoms with E-state index in [9.17, 15) is 14.9 Å². The molecule has 0 aliphatic carbocycles. The molecule has 0 bridgehead atoms. The van der Waals surface area contributed by atoms with Crippen molar-refractivity contribution in [1.82, 2.24) is 15.1 Å². The molecule has 0 saturated carbocycles. The lowest BCUT2D eigenvalue weighted by molar-refractivity contribution is -0.385. The van der Waals surface area contributed by atoms with Gasteiger partial charge in [-0.15, -0.1) is 0 Å². The largest absolute Gasteiger partial charge is 0.460 e. The molecule has 3 aromatic rings. The van der Waals surface area contributed by atoms with E-state index in [-0.39, 0.29) is 18.1 Å². The molecule has 0 spiro atoms. The minimum atomic E-state index is -0.510. The summed E-state index contributed by atoms with van der Waals surface area (Å²) < 4.78 is 7.14. The van der Waals surface area contributed by atoms with Crippen LogP contribution in [0, 0.1) is 10.1 Å². The Balaban J connectivity index is 1.53. The highest BCUT2D eigenvalue weighted by Crippen LogP contribution is 2.27. The maximum Gasteiger partial charge on any atom is 0.307 e. The van der Waals surface area contributed by atoms with Crippen LogP contribution in [0.25, 0.3) is 6.08 Å². The summed E-state index contributed by atoms with van der Waals surface area (Å²) in [4.78, 5) is 24.7. The quantitative estimate of drug-likeness (QED) is 0.281. The van der Waals surface area contributed by atoms with Gasteiger partial charge >= 0.3 is 5.69 Å². The number of carbonyl (C=O) groups is 1. The van der Waals surface area contributed by atoms with Gasteiger partial charge in [0.2, 0.25) is 0 Å². The van der Waals surface area contributed by atoms with Gasteiger partial charge in [0.05, 0.1) is 17.2 Å². The fraction of sp³-hybridized carbons (Fsp3) is 0.150. The van der Waals surface area contributed by atoms with Crippen molar-refractivity contribution in [2.75, 3.05) is 4.90 Å². The van der Waals surface area contributed by atoms with E-state index in [4.69, 9.17) is 16.6 Å². The summed E-state index contributed by atoms with van der Waals surface area (Å²) in [5.41, 5.74) is 1.99. The van der Waals surface area contributed by atoms with E-state index in [2.05, 4.69) is 10.4 Å². The SMILES string of the molecule is CCc1ccccc1N1C(=O)/C(=C\c2ccc(Cn3cc([N+](=O)[O-])cn3)o2)NC1=S. The third-order valence-corrected chi connectivity index (χ3v) is 4.89. The number of benzene rings is 1. The topological polar surface area (TPSA) is 106 Å². The summed E-state index contributed by atoms with van der Waals surface area (Å²) in [6.07, 6.45) is 4.85. The number of hydrogen-bond acceptors (Lipinski definition) is 6. The second kappa shape index (κ2) is 7.91. The van der Waals surface area contributed by atoms with Crippen molar-refractivity contribution in [2.45, 2.75) is 19.9 Å². The van der Waals surface area contributed by atoms with E-state index in [1.807, 2.05) is 31.2 Å². The third kappa shape index (κ3) is 3.72. The van der Waals surface area contributed by atoms with E-state index >= 15 is 0 Å². The van der Waals surface area contributed by atoms with Gasteiger partial charge in [0.1, 0.15) is 29.6 Å². The van der Waals surface area contributed by atoms with Gasteiger partial charge in [-0.25, -0.2) is 0 Å². The lowest BCUT2D eigenvalue weighted by Gasteiger charge is -2.17. The van der Waals surface area contributed by atoms with Crippen LogP contribution in [0.4, 0.5) is 11.4 Å². The van der Waals surface area contributed by atoms with Gasteiger partial charge in [-0.1, -0.05) is 25.1 Å². The Morgan fingerprint density at radius 1 is 1.30 bits per heavy atom. The van der Waals surface area contributed by atoms with Crippen molar-refractivity contribution in [3.05, 3.63) is 81.7 Å². The van der Waals surface area contributed by atoms with E-state index in [0.29, 0.717) is 22.3 Å². The number of amides is 1. The van der Waals surface area contributed by atoms with Gasteiger partial charge in [-0.05, 0) is 42.4 Å². The third-order valence-electron chi connectivity index (χ3n) is 4.61. The first-order chi connectivity index (χ1) is 14.5. The predicted octanol–water partition coefficient (Wildman–Crippen LogP) is 3.26. The summed E-state index contributed by atoms with van der Waals surface area (Å²) >= 11 is 5.37. The van der Waals surface area contributed by atoms with Gasteiger partial charge in [0.25, 0.3) is 5.91 Å². The molecule has 152 valence electrons. The normalized spacial score (nSPS) is 15.1. The van der Waals surface area contributed by atoms with Crippen molar-refractivity contribution >= 4 is 40.7 Å². The maximum atomic E-state index is 12.9. The van der Waals surface area contributed by atoms with Crippen LogP contribution in [0.15, 0.2) is 58.9 Å². The average molecular weight is 423 g/mol. The molecule has 3 heterocycles. The summed E-state index contributed by atoms with van der Waals surface area (Å²) in [6, 6.07) is 11.1. The number of anilines is 1. The van der Waals surface area contributed by atoms with E-state index in [1.165, 1.54) is 22.0 Å². The predicted molar refractivity (Wildman–Crippen MR) is 114 cm³/mol. The molecule has 1 fully saturated rings. The molecule has 0 radical (unpaired) electrons. The molecule has 1 amide bonds. The zero-order valence-electron chi connectivity index (χ0n) is 15.9. The summed E-state index contributed by atoms with van der Waals surface area (Å²) in [7, 11) is 0. The molecule has 1 aliphatic heterocycles. The molecule has 30 heavy (non-hydrogen) atoms. The second-order valence-electron chi connectivity index (χ2n) is 6.57. The van der Waals surface area contributed by atoms with E-state index in [1.54, 1.807) is 18.2 Å². The number of nitrogens with one attached hydrogen (secondary N) is 1. The highest BCUT2D eigenvalue weighted by atomic mass is 32.1. The van der Waals surface area contributed by atoms with Crippen LogP contribution in [0.3, 0.4) is 0 Å². The molecule has 1 N–H and O–H groups in total. The number of furan rings is 1. The smallest absolute Gasteiger partial charge is 0.307 e. The van der Waals surface area contributed by atoms with Crippen LogP contribution < -0.4 is 10.2 Å². The van der Waals surface area contributed by atoms with Crippen molar-refractivity contribution in [1.29, 1.82) is 0 Å². The first-order valence-electron chi connectivity index (χ1n) is 9.17. The first-order valence-corrected chi connectivity index (χ1v) is 9.57. The minimum Gasteiger partial charge on any atom is -0.460 e. The standard InChI is InChI=1S/C20H17N5O4S/c1-2-13-5-3-4-6-18(13)24-19(26)17(22-20(24)30)9-15-7-8-16(29-15)12-23-11-14(10-21-23)25(27)28/h3-11H,2,12H2,1H3,(H,22,30)/b17-9+. The molecule has 4 rings (SSSR count). The second-order valence-corrected chi connectivity index (χ2v) is 6.95. The van der Waals surface area contributed by atoms with Crippen molar-refractivity contribution < 1.29 is 14.1 Å². The molecule has 1 aliphatic rings. The number of thiocarbonyl (C=S) groups is 1. The number of rotatable bonds is 6. The Labute approximate surface area is 176 Å². The maximum absolute atomic E-state index is 12.9. The average Bonchev–Trinajstić information content (AvgIpc) is 3.43. The first kappa shape index (κ1) is 19.5. The fourth-order valence-corrected chi connectivity index (χ4v) is 3.47. The Bertz CT molecular complexity index is 1180. The lowest BCUT2D eigenvalue weighted by Crippen LogP contribution is -2.31. The fourth-order valence-electron chi connectivity index (χ4n) is 3.17.